The second-order valence-corrected chi connectivity index (χ2v) is 3.36. The van der Waals surface area contributed by atoms with E-state index in [-0.39, 0.29) is 5.97 Å². The van der Waals surface area contributed by atoms with E-state index in [0.717, 1.165) is 25.1 Å². The summed E-state index contributed by atoms with van der Waals surface area (Å²) >= 11 is 0. The highest BCUT2D eigenvalue weighted by Crippen LogP contribution is 2.18. The van der Waals surface area contributed by atoms with Crippen LogP contribution in [-0.4, -0.2) is 19.6 Å². The lowest BCUT2D eigenvalue weighted by atomic mass is 9.96. The number of rotatable bonds is 1. The van der Waals surface area contributed by atoms with E-state index in [0.29, 0.717) is 5.56 Å². The van der Waals surface area contributed by atoms with Crippen LogP contribution >= 0.6 is 0 Å². The van der Waals surface area contributed by atoms with Crippen LogP contribution in [0.4, 0.5) is 0 Å². The average Bonchev–Trinajstić information content (AvgIpc) is 2.27. The van der Waals surface area contributed by atoms with Gasteiger partial charge >= 0.3 is 5.97 Å². The minimum Gasteiger partial charge on any atom is -0.465 e. The van der Waals surface area contributed by atoms with Crippen LogP contribution in [0, 0.1) is 0 Å². The van der Waals surface area contributed by atoms with Crippen molar-refractivity contribution in [3.63, 3.8) is 0 Å². The monoisotopic (exact) mass is 191 g/mol. The number of esters is 1. The maximum absolute atomic E-state index is 11.4. The molecule has 3 nitrogen and oxygen atoms in total. The molecule has 0 aliphatic carbocycles. The molecule has 0 spiro atoms. The van der Waals surface area contributed by atoms with Gasteiger partial charge in [0.25, 0.3) is 0 Å². The predicted molar refractivity (Wildman–Crippen MR) is 53.2 cm³/mol. The lowest BCUT2D eigenvalue weighted by molar-refractivity contribution is 0.0599. The number of hydrogen-bond acceptors (Lipinski definition) is 3. The Morgan fingerprint density at radius 1 is 1.50 bits per heavy atom. The summed E-state index contributed by atoms with van der Waals surface area (Å²) in [5.74, 6) is -0.245. The van der Waals surface area contributed by atoms with Gasteiger partial charge in [0, 0.05) is 6.54 Å². The zero-order valence-corrected chi connectivity index (χ0v) is 8.17. The van der Waals surface area contributed by atoms with Crippen LogP contribution in [-0.2, 0) is 17.7 Å². The van der Waals surface area contributed by atoms with Crippen molar-refractivity contribution in [3.05, 3.63) is 34.9 Å². The molecule has 0 saturated carbocycles. The van der Waals surface area contributed by atoms with E-state index in [1.807, 2.05) is 12.1 Å². The molecule has 74 valence electrons. The molecule has 14 heavy (non-hydrogen) atoms. The lowest BCUT2D eigenvalue weighted by Crippen LogP contribution is -2.25. The van der Waals surface area contributed by atoms with Crippen molar-refractivity contribution in [2.24, 2.45) is 0 Å². The molecular formula is C11H13NO2. The third-order valence-corrected chi connectivity index (χ3v) is 2.55. The standard InChI is InChI=1S/C11H13NO2/c1-14-11(13)9-4-2-3-8-5-6-12-7-10(8)9/h2-4,12H,5-7H2,1H3. The SMILES string of the molecule is COC(=O)c1cccc2c1CNCC2. The molecule has 0 aromatic heterocycles. The lowest BCUT2D eigenvalue weighted by Gasteiger charge is -2.19. The number of fused-ring (bicyclic) bond motifs is 1. The Balaban J connectivity index is 2.45. The highest BCUT2D eigenvalue weighted by atomic mass is 16.5. The molecule has 0 amide bonds. The van der Waals surface area contributed by atoms with E-state index in [1.165, 1.54) is 12.7 Å². The molecule has 1 aromatic rings. The summed E-state index contributed by atoms with van der Waals surface area (Å²) in [6, 6.07) is 5.80. The Morgan fingerprint density at radius 2 is 2.36 bits per heavy atom. The Hall–Kier alpha value is -1.35. The Morgan fingerprint density at radius 3 is 3.14 bits per heavy atom. The van der Waals surface area contributed by atoms with Crippen LogP contribution in [0.1, 0.15) is 21.5 Å². The maximum atomic E-state index is 11.4. The van der Waals surface area contributed by atoms with Crippen LogP contribution in [0.15, 0.2) is 18.2 Å². The second kappa shape index (κ2) is 3.80. The molecular weight excluding hydrogens is 178 g/mol. The van der Waals surface area contributed by atoms with Crippen LogP contribution in [0.2, 0.25) is 0 Å². The van der Waals surface area contributed by atoms with E-state index in [4.69, 9.17) is 4.74 Å². The van der Waals surface area contributed by atoms with Crippen LogP contribution in [0.25, 0.3) is 0 Å². The molecule has 1 aromatic carbocycles. The molecule has 0 saturated heterocycles. The van der Waals surface area contributed by atoms with Crippen molar-refractivity contribution >= 4 is 5.97 Å². The molecule has 0 atom stereocenters. The Labute approximate surface area is 83.1 Å². The highest BCUT2D eigenvalue weighted by Gasteiger charge is 2.16. The fourth-order valence-corrected chi connectivity index (χ4v) is 1.82. The second-order valence-electron chi connectivity index (χ2n) is 3.36. The summed E-state index contributed by atoms with van der Waals surface area (Å²) < 4.78 is 4.74. The smallest absolute Gasteiger partial charge is 0.338 e. The van der Waals surface area contributed by atoms with Gasteiger partial charge in [0.05, 0.1) is 12.7 Å². The molecule has 0 fully saturated rings. The fourth-order valence-electron chi connectivity index (χ4n) is 1.82. The molecule has 3 heteroatoms. The minimum absolute atomic E-state index is 0.245. The topological polar surface area (TPSA) is 38.3 Å². The van der Waals surface area contributed by atoms with Crippen molar-refractivity contribution in [2.75, 3.05) is 13.7 Å². The van der Waals surface area contributed by atoms with Gasteiger partial charge in [-0.05, 0) is 30.2 Å². The van der Waals surface area contributed by atoms with E-state index < -0.39 is 0 Å². The molecule has 1 aliphatic heterocycles. The molecule has 1 heterocycles. The van der Waals surface area contributed by atoms with Gasteiger partial charge in [-0.1, -0.05) is 12.1 Å². The van der Waals surface area contributed by atoms with Gasteiger partial charge in [0.1, 0.15) is 0 Å². The predicted octanol–water partition coefficient (Wildman–Crippen LogP) is 1.12. The van der Waals surface area contributed by atoms with Crippen LogP contribution in [0.5, 0.6) is 0 Å². The quantitative estimate of drug-likeness (QED) is 0.676. The van der Waals surface area contributed by atoms with Crippen LogP contribution in [0.3, 0.4) is 0 Å². The van der Waals surface area contributed by atoms with Crippen molar-refractivity contribution < 1.29 is 9.53 Å². The van der Waals surface area contributed by atoms with E-state index in [1.54, 1.807) is 0 Å². The normalized spacial score (nSPS) is 14.6. The van der Waals surface area contributed by atoms with Gasteiger partial charge in [-0.3, -0.25) is 0 Å². The zero-order chi connectivity index (χ0) is 9.97. The number of nitrogens with one attached hydrogen (secondary N) is 1. The average molecular weight is 191 g/mol. The third-order valence-electron chi connectivity index (χ3n) is 2.55. The number of benzene rings is 1. The van der Waals surface area contributed by atoms with Gasteiger partial charge < -0.3 is 10.1 Å². The number of carbonyl (C=O) groups is 1. The largest absolute Gasteiger partial charge is 0.465 e. The summed E-state index contributed by atoms with van der Waals surface area (Å²) in [4.78, 5) is 11.4. The van der Waals surface area contributed by atoms with Gasteiger partial charge in [-0.15, -0.1) is 0 Å². The summed E-state index contributed by atoms with van der Waals surface area (Å²) in [7, 11) is 1.41. The molecule has 0 unspecified atom stereocenters. The number of carbonyl (C=O) groups excluding carboxylic acids is 1. The number of hydrogen-bond donors (Lipinski definition) is 1. The maximum Gasteiger partial charge on any atom is 0.338 e. The summed E-state index contributed by atoms with van der Waals surface area (Å²) in [6.45, 7) is 1.75. The van der Waals surface area contributed by atoms with E-state index >= 15 is 0 Å². The molecule has 2 rings (SSSR count). The Kier molecular flexibility index (Phi) is 2.50. The van der Waals surface area contributed by atoms with Crippen molar-refractivity contribution in [1.82, 2.24) is 5.32 Å². The minimum atomic E-state index is -0.245. The summed E-state index contributed by atoms with van der Waals surface area (Å²) in [5.41, 5.74) is 3.04. The van der Waals surface area contributed by atoms with E-state index in [2.05, 4.69) is 11.4 Å². The fraction of sp³-hybridized carbons (Fsp3) is 0.364. The molecule has 1 N–H and O–H groups in total. The van der Waals surface area contributed by atoms with Crippen LogP contribution < -0.4 is 5.32 Å². The first-order valence-electron chi connectivity index (χ1n) is 4.72. The van der Waals surface area contributed by atoms with Gasteiger partial charge in [-0.2, -0.15) is 0 Å². The van der Waals surface area contributed by atoms with Gasteiger partial charge in [-0.25, -0.2) is 4.79 Å². The van der Waals surface area contributed by atoms with Gasteiger partial charge in [0.2, 0.25) is 0 Å². The van der Waals surface area contributed by atoms with Crippen molar-refractivity contribution in [2.45, 2.75) is 13.0 Å². The summed E-state index contributed by atoms with van der Waals surface area (Å²) in [5, 5.41) is 3.25. The zero-order valence-electron chi connectivity index (χ0n) is 8.17. The first kappa shape index (κ1) is 9.21. The van der Waals surface area contributed by atoms with Gasteiger partial charge in [0.15, 0.2) is 0 Å². The number of ether oxygens (including phenoxy) is 1. The highest BCUT2D eigenvalue weighted by molar-refractivity contribution is 5.91. The first-order chi connectivity index (χ1) is 6.83. The molecule has 0 bridgehead atoms. The number of methoxy groups -OCH3 is 1. The van der Waals surface area contributed by atoms with Crippen molar-refractivity contribution in [3.8, 4) is 0 Å². The van der Waals surface area contributed by atoms with E-state index in [9.17, 15) is 4.79 Å². The molecule has 1 aliphatic rings. The summed E-state index contributed by atoms with van der Waals surface area (Å²) in [6.07, 6.45) is 0.986. The first-order valence-corrected chi connectivity index (χ1v) is 4.72. The van der Waals surface area contributed by atoms with Crippen molar-refractivity contribution in [1.29, 1.82) is 0 Å². The molecule has 0 radical (unpaired) electrons. The third kappa shape index (κ3) is 1.51. The Bertz CT molecular complexity index is 360.